The minimum Gasteiger partial charge on any atom is -0.347 e. The van der Waals surface area contributed by atoms with E-state index >= 15 is 0 Å². The number of rotatable bonds is 7. The lowest BCUT2D eigenvalue weighted by atomic mass is 10.2. The Hall–Kier alpha value is -3.54. The molecule has 138 valence electrons. The fraction of sp³-hybridized carbons (Fsp3) is 0.143. The van der Waals surface area contributed by atoms with E-state index in [-0.39, 0.29) is 11.9 Å². The lowest BCUT2D eigenvalue weighted by molar-refractivity contribution is -0.116. The number of nitrogens with one attached hydrogen (secondary N) is 3. The van der Waals surface area contributed by atoms with Crippen molar-refractivity contribution in [3.8, 4) is 0 Å². The van der Waals surface area contributed by atoms with Gasteiger partial charge in [0.05, 0.1) is 0 Å². The van der Waals surface area contributed by atoms with Gasteiger partial charge in [0.2, 0.25) is 5.91 Å². The van der Waals surface area contributed by atoms with E-state index < -0.39 is 0 Å². The topological polar surface area (TPSA) is 75.2 Å². The number of fused-ring (bicyclic) bond motifs is 1. The van der Waals surface area contributed by atoms with Gasteiger partial charge < -0.3 is 20.5 Å². The highest BCUT2D eigenvalue weighted by Gasteiger charge is 2.06. The molecule has 1 heterocycles. The van der Waals surface area contributed by atoms with Crippen LogP contribution in [-0.2, 0) is 11.3 Å². The lowest BCUT2D eigenvalue weighted by Gasteiger charge is -2.09. The summed E-state index contributed by atoms with van der Waals surface area (Å²) in [5.74, 6) is -0.0581. The number of benzene rings is 2. The maximum atomic E-state index is 12.2. The molecule has 0 unspecified atom stereocenters. The number of carbonyl (C=O) groups is 2. The quantitative estimate of drug-likeness (QED) is 0.556. The molecule has 0 spiro atoms. The summed E-state index contributed by atoms with van der Waals surface area (Å²) in [4.78, 5) is 23.8. The van der Waals surface area contributed by atoms with Crippen LogP contribution in [0.3, 0.4) is 0 Å². The number of hydrogen-bond donors (Lipinski definition) is 3. The van der Waals surface area contributed by atoms with Crippen LogP contribution in [-0.4, -0.2) is 23.1 Å². The van der Waals surface area contributed by atoms with Gasteiger partial charge in [-0.2, -0.15) is 0 Å². The Bertz CT molecular complexity index is 944. The summed E-state index contributed by atoms with van der Waals surface area (Å²) in [5, 5.41) is 9.37. The first kappa shape index (κ1) is 18.3. The molecule has 0 saturated carbocycles. The molecule has 0 bridgehead atoms. The Labute approximate surface area is 157 Å². The molecule has 0 aliphatic heterocycles. The number of hydrogen-bond acceptors (Lipinski definition) is 2. The molecule has 1 aromatic heterocycles. The molecular formula is C21H22N4O2. The predicted octanol–water partition coefficient (Wildman–Crippen LogP) is 3.98. The highest BCUT2D eigenvalue weighted by Crippen LogP contribution is 2.16. The van der Waals surface area contributed by atoms with E-state index in [1.165, 1.54) is 0 Å². The van der Waals surface area contributed by atoms with Crippen LogP contribution < -0.4 is 16.0 Å². The smallest absolute Gasteiger partial charge is 0.319 e. The Morgan fingerprint density at radius 1 is 0.963 bits per heavy atom. The van der Waals surface area contributed by atoms with Gasteiger partial charge in [0, 0.05) is 42.6 Å². The third-order valence-electron chi connectivity index (χ3n) is 4.09. The second-order valence-corrected chi connectivity index (χ2v) is 6.07. The maximum absolute atomic E-state index is 12.2. The van der Waals surface area contributed by atoms with E-state index in [1.54, 1.807) is 30.3 Å². The molecule has 0 atom stereocenters. The van der Waals surface area contributed by atoms with Gasteiger partial charge in [-0.05, 0) is 41.8 Å². The molecule has 6 nitrogen and oxygen atoms in total. The van der Waals surface area contributed by atoms with E-state index in [4.69, 9.17) is 0 Å². The van der Waals surface area contributed by atoms with Crippen molar-refractivity contribution in [1.29, 1.82) is 0 Å². The van der Waals surface area contributed by atoms with Gasteiger partial charge in [0.25, 0.3) is 0 Å². The largest absolute Gasteiger partial charge is 0.347 e. The minimum atomic E-state index is -0.300. The van der Waals surface area contributed by atoms with Crippen molar-refractivity contribution in [2.45, 2.75) is 13.0 Å². The SMILES string of the molecule is C=CCNC(=O)Nc1ccc(NC(=O)CCn2ccc3ccccc32)cc1. The summed E-state index contributed by atoms with van der Waals surface area (Å²) >= 11 is 0. The van der Waals surface area contributed by atoms with Gasteiger partial charge in [0.1, 0.15) is 0 Å². The zero-order valence-electron chi connectivity index (χ0n) is 14.9. The number of urea groups is 1. The van der Waals surface area contributed by atoms with E-state index in [0.717, 1.165) is 10.9 Å². The maximum Gasteiger partial charge on any atom is 0.319 e. The molecule has 3 N–H and O–H groups in total. The predicted molar refractivity (Wildman–Crippen MR) is 109 cm³/mol. The molecule has 3 amide bonds. The van der Waals surface area contributed by atoms with Crippen molar-refractivity contribution in [3.63, 3.8) is 0 Å². The number of anilines is 2. The van der Waals surface area contributed by atoms with Gasteiger partial charge in [-0.25, -0.2) is 4.79 Å². The highest BCUT2D eigenvalue weighted by molar-refractivity contribution is 5.92. The Morgan fingerprint density at radius 3 is 2.41 bits per heavy atom. The number of carbonyl (C=O) groups excluding carboxylic acids is 2. The second kappa shape index (κ2) is 8.71. The summed E-state index contributed by atoms with van der Waals surface area (Å²) in [6.07, 6.45) is 3.98. The van der Waals surface area contributed by atoms with Crippen molar-refractivity contribution in [3.05, 3.63) is 73.4 Å². The number of nitrogens with zero attached hydrogens (tertiary/aromatic N) is 1. The summed E-state index contributed by atoms with van der Waals surface area (Å²) in [7, 11) is 0. The Kier molecular flexibility index (Phi) is 5.89. The molecule has 6 heteroatoms. The van der Waals surface area contributed by atoms with E-state index in [9.17, 15) is 9.59 Å². The molecule has 0 saturated heterocycles. The van der Waals surface area contributed by atoms with Crippen LogP contribution in [0.25, 0.3) is 10.9 Å². The minimum absolute atomic E-state index is 0.0581. The van der Waals surface area contributed by atoms with Crippen LogP contribution in [0, 0.1) is 0 Å². The van der Waals surface area contributed by atoms with Crippen LogP contribution in [0.15, 0.2) is 73.4 Å². The van der Waals surface area contributed by atoms with Gasteiger partial charge in [0.15, 0.2) is 0 Å². The van der Waals surface area contributed by atoms with Gasteiger partial charge in [-0.3, -0.25) is 4.79 Å². The van der Waals surface area contributed by atoms with Crippen molar-refractivity contribution in [1.82, 2.24) is 9.88 Å². The third-order valence-corrected chi connectivity index (χ3v) is 4.09. The van der Waals surface area contributed by atoms with Gasteiger partial charge >= 0.3 is 6.03 Å². The third kappa shape index (κ3) is 4.98. The molecule has 0 radical (unpaired) electrons. The van der Waals surface area contributed by atoms with Crippen LogP contribution in [0.4, 0.5) is 16.2 Å². The van der Waals surface area contributed by atoms with E-state index in [1.807, 2.05) is 30.5 Å². The van der Waals surface area contributed by atoms with Crippen LogP contribution >= 0.6 is 0 Å². The van der Waals surface area contributed by atoms with Crippen molar-refractivity contribution in [2.24, 2.45) is 0 Å². The molecule has 0 aliphatic rings. The molecular weight excluding hydrogens is 340 g/mol. The van der Waals surface area contributed by atoms with Gasteiger partial charge in [-0.1, -0.05) is 24.3 Å². The molecule has 0 fully saturated rings. The molecule has 3 aromatic rings. The highest BCUT2D eigenvalue weighted by atomic mass is 16.2. The number of amides is 3. The fourth-order valence-corrected chi connectivity index (χ4v) is 2.76. The summed E-state index contributed by atoms with van der Waals surface area (Å²) in [5.41, 5.74) is 2.46. The lowest BCUT2D eigenvalue weighted by Crippen LogP contribution is -2.28. The van der Waals surface area contributed by atoms with Crippen LogP contribution in [0.2, 0.25) is 0 Å². The first-order chi connectivity index (χ1) is 13.2. The first-order valence-corrected chi connectivity index (χ1v) is 8.75. The first-order valence-electron chi connectivity index (χ1n) is 8.75. The number of para-hydroxylation sites is 1. The normalized spacial score (nSPS) is 10.4. The number of aryl methyl sites for hydroxylation is 1. The van der Waals surface area contributed by atoms with Crippen molar-refractivity contribution in [2.75, 3.05) is 17.2 Å². The monoisotopic (exact) mass is 362 g/mol. The molecule has 2 aromatic carbocycles. The van der Waals surface area contributed by atoms with Crippen molar-refractivity contribution >= 4 is 34.2 Å². The molecule has 27 heavy (non-hydrogen) atoms. The van der Waals surface area contributed by atoms with E-state index in [0.29, 0.717) is 30.9 Å². The van der Waals surface area contributed by atoms with Crippen LogP contribution in [0.5, 0.6) is 0 Å². The zero-order valence-corrected chi connectivity index (χ0v) is 14.9. The van der Waals surface area contributed by atoms with Crippen molar-refractivity contribution < 1.29 is 9.59 Å². The Balaban J connectivity index is 1.50. The second-order valence-electron chi connectivity index (χ2n) is 6.07. The number of aromatic nitrogens is 1. The molecule has 0 aliphatic carbocycles. The molecule has 3 rings (SSSR count). The van der Waals surface area contributed by atoms with E-state index in [2.05, 4.69) is 33.2 Å². The average molecular weight is 362 g/mol. The summed E-state index contributed by atoms with van der Waals surface area (Å²) in [6.45, 7) is 4.55. The summed E-state index contributed by atoms with van der Waals surface area (Å²) in [6, 6.07) is 16.8. The fourth-order valence-electron chi connectivity index (χ4n) is 2.76. The van der Waals surface area contributed by atoms with Gasteiger partial charge in [-0.15, -0.1) is 6.58 Å². The standard InChI is InChI=1S/C21H22N4O2/c1-2-13-22-21(27)24-18-9-7-17(8-10-18)23-20(26)12-15-25-14-11-16-5-3-4-6-19(16)25/h2-11,14H,1,12-13,15H2,(H,23,26)(H2,22,24,27). The zero-order chi connectivity index (χ0) is 19.1. The van der Waals surface area contributed by atoms with Crippen LogP contribution in [0.1, 0.15) is 6.42 Å². The average Bonchev–Trinajstić information content (AvgIpc) is 3.09. The Morgan fingerprint density at radius 2 is 1.67 bits per heavy atom. The summed E-state index contributed by atoms with van der Waals surface area (Å²) < 4.78 is 2.07.